The van der Waals surface area contributed by atoms with Crippen LogP contribution in [0.3, 0.4) is 0 Å². The molecule has 4 N–H and O–H groups in total. The van der Waals surface area contributed by atoms with Crippen LogP contribution < -0.4 is 10.6 Å². The average molecular weight is 415 g/mol. The molecule has 0 aliphatic carbocycles. The van der Waals surface area contributed by atoms with Gasteiger partial charge in [-0.25, -0.2) is 0 Å². The number of benzene rings is 1. The first-order valence-electron chi connectivity index (χ1n) is 10.4. The van der Waals surface area contributed by atoms with Crippen LogP contribution in [0.5, 0.6) is 0 Å². The predicted octanol–water partition coefficient (Wildman–Crippen LogP) is 1.16. The van der Waals surface area contributed by atoms with Gasteiger partial charge in [0.1, 0.15) is 0 Å². The van der Waals surface area contributed by atoms with E-state index in [2.05, 4.69) is 25.7 Å². The maximum atomic E-state index is 12.8. The zero-order valence-corrected chi connectivity index (χ0v) is 17.2. The lowest BCUT2D eigenvalue weighted by Gasteiger charge is -2.44. The number of fused-ring (bicyclic) bond motifs is 4. The summed E-state index contributed by atoms with van der Waals surface area (Å²) in [5.41, 5.74) is 2.11. The molecule has 0 radical (unpaired) electrons. The van der Waals surface area contributed by atoms with E-state index in [1.165, 1.54) is 0 Å². The van der Waals surface area contributed by atoms with E-state index >= 15 is 0 Å². The molecule has 30 heavy (non-hydrogen) atoms. The number of carbonyl (C=O) groups excluding carboxylic acids is 2. The Labute approximate surface area is 175 Å². The van der Waals surface area contributed by atoms with Gasteiger partial charge in [-0.2, -0.15) is 5.10 Å². The summed E-state index contributed by atoms with van der Waals surface area (Å²) >= 11 is 0. The molecule has 2 bridgehead atoms. The van der Waals surface area contributed by atoms with Crippen LogP contribution in [0.2, 0.25) is 0 Å². The third-order valence-corrected chi connectivity index (χ3v) is 5.75. The molecule has 5 rings (SSSR count). The van der Waals surface area contributed by atoms with E-state index < -0.39 is 0 Å². The number of piperidine rings is 3. The van der Waals surface area contributed by atoms with Crippen LogP contribution in [0.15, 0.2) is 18.2 Å². The SMILES string of the molecule is CCCNC(=O)Cc1ccc2[nH]nc(C(=O)N[C@H]3CN4CCC3CC4)c2c1.O=CO. The number of aromatic nitrogens is 2. The van der Waals surface area contributed by atoms with Crippen LogP contribution in [0.25, 0.3) is 10.9 Å². The number of nitrogens with one attached hydrogen (secondary N) is 3. The second-order valence-corrected chi connectivity index (χ2v) is 7.80. The Hall–Kier alpha value is -2.94. The van der Waals surface area contributed by atoms with Gasteiger partial charge in [-0.15, -0.1) is 0 Å². The van der Waals surface area contributed by atoms with Crippen molar-refractivity contribution in [3.05, 3.63) is 29.5 Å². The van der Waals surface area contributed by atoms with E-state index in [9.17, 15) is 9.59 Å². The van der Waals surface area contributed by atoms with E-state index in [1.54, 1.807) is 0 Å². The molecule has 1 aromatic heterocycles. The number of carbonyl (C=O) groups is 3. The maximum absolute atomic E-state index is 12.8. The van der Waals surface area contributed by atoms with Crippen molar-refractivity contribution >= 4 is 29.2 Å². The first-order chi connectivity index (χ1) is 14.5. The highest BCUT2D eigenvalue weighted by Gasteiger charge is 2.35. The van der Waals surface area contributed by atoms with Gasteiger partial charge in [0.2, 0.25) is 5.91 Å². The fraction of sp³-hybridized carbons (Fsp3) is 0.524. The summed E-state index contributed by atoms with van der Waals surface area (Å²) in [4.78, 5) is 35.6. The number of nitrogens with zero attached hydrogens (tertiary/aromatic N) is 2. The van der Waals surface area contributed by atoms with Gasteiger partial charge >= 0.3 is 0 Å². The van der Waals surface area contributed by atoms with Crippen LogP contribution in [-0.2, 0) is 16.0 Å². The minimum absolute atomic E-state index is 0.00187. The number of amides is 2. The molecule has 1 atom stereocenters. The molecule has 3 aliphatic heterocycles. The summed E-state index contributed by atoms with van der Waals surface area (Å²) in [6.45, 7) is 5.68. The summed E-state index contributed by atoms with van der Waals surface area (Å²) in [5, 5.41) is 20.9. The van der Waals surface area contributed by atoms with Gasteiger partial charge in [0.25, 0.3) is 12.4 Å². The van der Waals surface area contributed by atoms with Crippen molar-refractivity contribution in [2.75, 3.05) is 26.2 Å². The number of carboxylic acid groups (broad SMARTS) is 1. The number of hydrogen-bond donors (Lipinski definition) is 4. The van der Waals surface area contributed by atoms with E-state index in [-0.39, 0.29) is 24.3 Å². The van der Waals surface area contributed by atoms with E-state index in [0.29, 0.717) is 24.6 Å². The largest absolute Gasteiger partial charge is 0.483 e. The topological polar surface area (TPSA) is 127 Å². The average Bonchev–Trinajstić information content (AvgIpc) is 3.17. The first kappa shape index (κ1) is 21.8. The summed E-state index contributed by atoms with van der Waals surface area (Å²) in [7, 11) is 0. The predicted molar refractivity (Wildman–Crippen MR) is 112 cm³/mol. The van der Waals surface area contributed by atoms with Gasteiger partial charge < -0.3 is 20.6 Å². The molecule has 3 fully saturated rings. The Kier molecular flexibility index (Phi) is 7.40. The zero-order valence-electron chi connectivity index (χ0n) is 17.2. The smallest absolute Gasteiger partial charge is 0.290 e. The molecule has 1 aromatic carbocycles. The van der Waals surface area contributed by atoms with Gasteiger partial charge in [-0.1, -0.05) is 13.0 Å². The molecule has 9 heteroatoms. The Morgan fingerprint density at radius 3 is 2.70 bits per heavy atom. The Morgan fingerprint density at radius 2 is 2.07 bits per heavy atom. The normalized spacial score (nSPS) is 22.1. The van der Waals surface area contributed by atoms with E-state index in [1.807, 2.05) is 25.1 Å². The number of H-pyrrole nitrogens is 1. The molecule has 2 amide bonds. The number of rotatable bonds is 6. The fourth-order valence-electron chi connectivity index (χ4n) is 4.22. The molecule has 2 aromatic rings. The Morgan fingerprint density at radius 1 is 1.33 bits per heavy atom. The van der Waals surface area contributed by atoms with Crippen LogP contribution in [0.4, 0.5) is 0 Å². The van der Waals surface area contributed by atoms with Crippen molar-refractivity contribution in [2.45, 2.75) is 38.6 Å². The molecule has 3 aliphatic rings. The molecule has 162 valence electrons. The van der Waals surface area contributed by atoms with E-state index in [0.717, 1.165) is 55.4 Å². The standard InChI is InChI=1S/C20H27N5O2.CH2O2/c1-2-7-21-18(26)11-13-3-4-16-15(10-13)19(24-23-16)20(27)22-17-12-25-8-5-14(17)6-9-25;2-1-3/h3-4,10,14,17H,2,5-9,11-12H2,1H3,(H,21,26)(H,22,27)(H,23,24);1H,(H,2,3)/t17-;/m0./s1. The van der Waals surface area contributed by atoms with Crippen molar-refractivity contribution in [2.24, 2.45) is 5.92 Å². The molecule has 9 nitrogen and oxygen atoms in total. The summed E-state index contributed by atoms with van der Waals surface area (Å²) in [6, 6.07) is 5.89. The molecular formula is C21H29N5O4. The van der Waals surface area contributed by atoms with Crippen molar-refractivity contribution in [3.8, 4) is 0 Å². The Bertz CT molecular complexity index is 889. The van der Waals surface area contributed by atoms with Crippen molar-refractivity contribution < 1.29 is 19.5 Å². The van der Waals surface area contributed by atoms with Gasteiger partial charge in [-0.05, 0) is 56.0 Å². The molecule has 4 heterocycles. The zero-order chi connectivity index (χ0) is 21.5. The van der Waals surface area contributed by atoms with Crippen LogP contribution in [0.1, 0.15) is 42.2 Å². The maximum Gasteiger partial charge on any atom is 0.290 e. The minimum Gasteiger partial charge on any atom is -0.483 e. The lowest BCUT2D eigenvalue weighted by molar-refractivity contribution is -0.123. The molecular weight excluding hydrogens is 386 g/mol. The van der Waals surface area contributed by atoms with Crippen molar-refractivity contribution in [1.29, 1.82) is 0 Å². The summed E-state index contributed by atoms with van der Waals surface area (Å²) < 4.78 is 0. The van der Waals surface area contributed by atoms with Crippen LogP contribution >= 0.6 is 0 Å². The fourth-order valence-corrected chi connectivity index (χ4v) is 4.22. The van der Waals surface area contributed by atoms with Gasteiger partial charge in [-0.3, -0.25) is 19.5 Å². The monoisotopic (exact) mass is 415 g/mol. The summed E-state index contributed by atoms with van der Waals surface area (Å²) in [5.74, 6) is 0.438. The van der Waals surface area contributed by atoms with E-state index in [4.69, 9.17) is 9.90 Å². The molecule has 0 unspecified atom stereocenters. The lowest BCUT2D eigenvalue weighted by Crippen LogP contribution is -2.57. The van der Waals surface area contributed by atoms with Gasteiger partial charge in [0.15, 0.2) is 5.69 Å². The first-order valence-corrected chi connectivity index (χ1v) is 10.4. The molecule has 0 saturated carbocycles. The second-order valence-electron chi connectivity index (χ2n) is 7.80. The Balaban J connectivity index is 0.000000806. The highest BCUT2D eigenvalue weighted by molar-refractivity contribution is 6.05. The lowest BCUT2D eigenvalue weighted by atomic mass is 9.84. The van der Waals surface area contributed by atoms with Crippen LogP contribution in [-0.4, -0.2) is 70.7 Å². The highest BCUT2D eigenvalue weighted by Crippen LogP contribution is 2.28. The minimum atomic E-state index is -0.250. The van der Waals surface area contributed by atoms with Gasteiger partial charge in [0.05, 0.1) is 11.9 Å². The number of hydrogen-bond acceptors (Lipinski definition) is 5. The van der Waals surface area contributed by atoms with Gasteiger partial charge in [0, 0.05) is 24.5 Å². The number of aromatic amines is 1. The van der Waals surface area contributed by atoms with Crippen LogP contribution in [0, 0.1) is 5.92 Å². The third kappa shape index (κ3) is 5.15. The molecule has 0 spiro atoms. The second kappa shape index (κ2) is 10.2. The van der Waals surface area contributed by atoms with Crippen molar-refractivity contribution in [1.82, 2.24) is 25.7 Å². The molecule has 3 saturated heterocycles. The summed E-state index contributed by atoms with van der Waals surface area (Å²) in [6.07, 6.45) is 3.53. The van der Waals surface area contributed by atoms with Crippen molar-refractivity contribution in [3.63, 3.8) is 0 Å². The quantitative estimate of drug-likeness (QED) is 0.524. The highest BCUT2D eigenvalue weighted by atomic mass is 16.3. The third-order valence-electron chi connectivity index (χ3n) is 5.75.